The molecule has 0 N–H and O–H groups in total. The van der Waals surface area contributed by atoms with E-state index in [1.165, 1.54) is 12.3 Å². The highest BCUT2D eigenvalue weighted by Crippen LogP contribution is 2.23. The Balaban J connectivity index is 2.55. The molecule has 3 aromatic rings. The maximum atomic E-state index is 13.0. The van der Waals surface area contributed by atoms with Crippen LogP contribution in [0.4, 0.5) is 4.39 Å². The van der Waals surface area contributed by atoms with E-state index < -0.39 is 0 Å². The van der Waals surface area contributed by atoms with Gasteiger partial charge in [-0.1, -0.05) is 36.4 Å². The fraction of sp³-hybridized carbons (Fsp3) is 0. The summed E-state index contributed by atoms with van der Waals surface area (Å²) in [6.07, 6.45) is 1.26. The molecule has 0 radical (unpaired) electrons. The number of hydrogen-bond donors (Lipinski definition) is 0. The van der Waals surface area contributed by atoms with E-state index in [1.807, 2.05) is 36.4 Å². The van der Waals surface area contributed by atoms with Gasteiger partial charge >= 0.3 is 0 Å². The molecule has 1 heterocycles. The number of fused-ring (bicyclic) bond motifs is 3. The molecular formula is C13H8FN. The summed E-state index contributed by atoms with van der Waals surface area (Å²) < 4.78 is 13.0. The van der Waals surface area contributed by atoms with E-state index in [4.69, 9.17) is 0 Å². The van der Waals surface area contributed by atoms with Gasteiger partial charge in [0.15, 0.2) is 0 Å². The van der Waals surface area contributed by atoms with Crippen molar-refractivity contribution in [1.82, 2.24) is 4.98 Å². The molecule has 1 aromatic heterocycles. The lowest BCUT2D eigenvalue weighted by Crippen LogP contribution is -1.83. The van der Waals surface area contributed by atoms with Crippen LogP contribution in [-0.2, 0) is 0 Å². The predicted molar refractivity (Wildman–Crippen MR) is 59.2 cm³/mol. The summed E-state index contributed by atoms with van der Waals surface area (Å²) in [4.78, 5) is 4.13. The number of halogens is 1. The maximum absolute atomic E-state index is 13.0. The molecule has 0 amide bonds. The predicted octanol–water partition coefficient (Wildman–Crippen LogP) is 3.53. The lowest BCUT2D eigenvalue weighted by atomic mass is 10.1. The molecule has 0 fully saturated rings. The minimum absolute atomic E-state index is 0.294. The van der Waals surface area contributed by atoms with Gasteiger partial charge in [0, 0.05) is 10.8 Å². The average molecular weight is 197 g/mol. The van der Waals surface area contributed by atoms with Crippen molar-refractivity contribution in [2.75, 3.05) is 0 Å². The fourth-order valence-corrected chi connectivity index (χ4v) is 1.84. The van der Waals surface area contributed by atoms with E-state index in [0.29, 0.717) is 0 Å². The number of benzene rings is 2. The first kappa shape index (κ1) is 8.36. The van der Waals surface area contributed by atoms with Gasteiger partial charge in [-0.15, -0.1) is 0 Å². The van der Waals surface area contributed by atoms with Crippen molar-refractivity contribution in [3.8, 4) is 0 Å². The van der Waals surface area contributed by atoms with Crippen molar-refractivity contribution in [3.63, 3.8) is 0 Å². The van der Waals surface area contributed by atoms with Crippen LogP contribution >= 0.6 is 0 Å². The molecule has 0 bridgehead atoms. The molecule has 0 unspecified atom stereocenters. The Kier molecular flexibility index (Phi) is 1.68. The number of nitrogens with zero attached hydrogens (tertiary/aromatic N) is 1. The summed E-state index contributed by atoms with van der Waals surface area (Å²) in [5, 5.41) is 3.04. The van der Waals surface area contributed by atoms with E-state index in [2.05, 4.69) is 4.98 Å². The van der Waals surface area contributed by atoms with E-state index in [0.717, 1.165) is 21.7 Å². The van der Waals surface area contributed by atoms with Crippen molar-refractivity contribution in [2.45, 2.75) is 0 Å². The summed E-state index contributed by atoms with van der Waals surface area (Å²) in [5.41, 5.74) is 0.856. The Morgan fingerprint density at radius 2 is 1.73 bits per heavy atom. The zero-order valence-corrected chi connectivity index (χ0v) is 7.94. The van der Waals surface area contributed by atoms with Crippen LogP contribution in [0, 0.1) is 5.82 Å². The zero-order valence-electron chi connectivity index (χ0n) is 7.94. The lowest BCUT2D eigenvalue weighted by Gasteiger charge is -2.02. The molecule has 0 atom stereocenters. The molecule has 0 saturated carbocycles. The molecule has 2 heteroatoms. The molecule has 3 rings (SSSR count). The number of rotatable bonds is 0. The summed E-state index contributed by atoms with van der Waals surface area (Å²) in [6.45, 7) is 0. The third kappa shape index (κ3) is 1.26. The third-order valence-electron chi connectivity index (χ3n) is 2.54. The number of aromatic nitrogens is 1. The van der Waals surface area contributed by atoms with Crippen LogP contribution in [0.25, 0.3) is 21.7 Å². The van der Waals surface area contributed by atoms with Crippen LogP contribution in [0.3, 0.4) is 0 Å². The molecule has 0 aliphatic carbocycles. The summed E-state index contributed by atoms with van der Waals surface area (Å²) >= 11 is 0. The first-order valence-corrected chi connectivity index (χ1v) is 4.77. The smallest absolute Gasteiger partial charge is 0.142 e. The summed E-state index contributed by atoms with van der Waals surface area (Å²) in [5.74, 6) is -0.294. The molecule has 72 valence electrons. The summed E-state index contributed by atoms with van der Waals surface area (Å²) in [7, 11) is 0. The topological polar surface area (TPSA) is 12.9 Å². The van der Waals surface area contributed by atoms with Crippen molar-refractivity contribution in [1.29, 1.82) is 0 Å². The van der Waals surface area contributed by atoms with E-state index in [1.54, 1.807) is 0 Å². The van der Waals surface area contributed by atoms with Crippen LogP contribution in [-0.4, -0.2) is 4.98 Å². The lowest BCUT2D eigenvalue weighted by molar-refractivity contribution is 0.624. The largest absolute Gasteiger partial charge is 0.253 e. The minimum Gasteiger partial charge on any atom is -0.253 e. The van der Waals surface area contributed by atoms with Gasteiger partial charge in [0.05, 0.1) is 11.7 Å². The Labute approximate surface area is 86.2 Å². The Hall–Kier alpha value is -1.96. The van der Waals surface area contributed by atoms with Gasteiger partial charge < -0.3 is 0 Å². The quantitative estimate of drug-likeness (QED) is 0.502. The van der Waals surface area contributed by atoms with E-state index in [9.17, 15) is 4.39 Å². The molecule has 0 saturated heterocycles. The van der Waals surface area contributed by atoms with Crippen molar-refractivity contribution in [2.24, 2.45) is 0 Å². The average Bonchev–Trinajstić information content (AvgIpc) is 2.28. The first-order valence-electron chi connectivity index (χ1n) is 4.77. The number of hydrogen-bond acceptors (Lipinski definition) is 1. The van der Waals surface area contributed by atoms with Crippen LogP contribution in [0.2, 0.25) is 0 Å². The first-order chi connectivity index (χ1) is 7.34. The molecule has 2 aromatic carbocycles. The Morgan fingerprint density at radius 1 is 0.933 bits per heavy atom. The van der Waals surface area contributed by atoms with Crippen molar-refractivity contribution in [3.05, 3.63) is 54.5 Å². The Morgan fingerprint density at radius 3 is 2.67 bits per heavy atom. The molecule has 0 spiro atoms. The molecular weight excluding hydrogens is 189 g/mol. The highest BCUT2D eigenvalue weighted by atomic mass is 19.1. The van der Waals surface area contributed by atoms with Gasteiger partial charge in [-0.05, 0) is 11.5 Å². The van der Waals surface area contributed by atoms with Crippen molar-refractivity contribution < 1.29 is 4.39 Å². The van der Waals surface area contributed by atoms with Gasteiger partial charge in [0.2, 0.25) is 0 Å². The fourth-order valence-electron chi connectivity index (χ4n) is 1.84. The Bertz CT molecular complexity index is 646. The zero-order chi connectivity index (χ0) is 10.3. The molecule has 0 aliphatic rings. The van der Waals surface area contributed by atoms with E-state index in [-0.39, 0.29) is 5.82 Å². The monoisotopic (exact) mass is 197 g/mol. The van der Waals surface area contributed by atoms with Crippen molar-refractivity contribution >= 4 is 21.7 Å². The van der Waals surface area contributed by atoms with E-state index >= 15 is 0 Å². The van der Waals surface area contributed by atoms with Crippen LogP contribution < -0.4 is 0 Å². The third-order valence-corrected chi connectivity index (χ3v) is 2.54. The van der Waals surface area contributed by atoms with Gasteiger partial charge in [0.25, 0.3) is 0 Å². The van der Waals surface area contributed by atoms with Gasteiger partial charge in [-0.3, -0.25) is 4.98 Å². The molecule has 1 nitrogen and oxygen atoms in total. The normalized spacial score (nSPS) is 11.0. The van der Waals surface area contributed by atoms with Gasteiger partial charge in [0.1, 0.15) is 5.82 Å². The second-order valence-electron chi connectivity index (χ2n) is 3.51. The van der Waals surface area contributed by atoms with Gasteiger partial charge in [-0.2, -0.15) is 0 Å². The highest BCUT2D eigenvalue weighted by molar-refractivity contribution is 6.04. The minimum atomic E-state index is -0.294. The molecule has 0 aliphatic heterocycles. The van der Waals surface area contributed by atoms with Crippen LogP contribution in [0.1, 0.15) is 0 Å². The second kappa shape index (κ2) is 3.02. The highest BCUT2D eigenvalue weighted by Gasteiger charge is 2.01. The number of pyridine rings is 1. The van der Waals surface area contributed by atoms with Gasteiger partial charge in [-0.25, -0.2) is 4.39 Å². The van der Waals surface area contributed by atoms with Crippen LogP contribution in [0.15, 0.2) is 48.7 Å². The standard InChI is InChI=1S/C13H8FN/c14-11-7-10-6-5-9-3-1-2-4-12(9)13(10)15-8-11/h1-8H. The SMILES string of the molecule is Fc1cnc2c(ccc3ccccc32)c1. The molecule has 15 heavy (non-hydrogen) atoms. The maximum Gasteiger partial charge on any atom is 0.142 e. The summed E-state index contributed by atoms with van der Waals surface area (Å²) in [6, 6.07) is 13.4. The van der Waals surface area contributed by atoms with Crippen LogP contribution in [0.5, 0.6) is 0 Å². The second-order valence-corrected chi connectivity index (χ2v) is 3.51.